The van der Waals surface area contributed by atoms with E-state index in [-0.39, 0.29) is 12.3 Å². The fraction of sp³-hybridized carbons (Fsp3) is 0.227. The second-order valence-electron chi connectivity index (χ2n) is 6.39. The van der Waals surface area contributed by atoms with Gasteiger partial charge in [-0.1, -0.05) is 31.2 Å². The van der Waals surface area contributed by atoms with Gasteiger partial charge in [0.1, 0.15) is 12.3 Å². The predicted molar refractivity (Wildman–Crippen MR) is 108 cm³/mol. The maximum absolute atomic E-state index is 12.5. The lowest BCUT2D eigenvalue weighted by Crippen LogP contribution is -2.31. The zero-order chi connectivity index (χ0) is 20.8. The number of aromatic nitrogens is 1. The summed E-state index contributed by atoms with van der Waals surface area (Å²) in [5.74, 6) is -0.896. The Morgan fingerprint density at radius 3 is 2.66 bits per heavy atom. The number of carbonyl (C=O) groups is 3. The molecule has 2 N–H and O–H groups in total. The van der Waals surface area contributed by atoms with Crippen molar-refractivity contribution in [2.75, 3.05) is 20.3 Å². The monoisotopic (exact) mass is 394 g/mol. The van der Waals surface area contributed by atoms with Crippen LogP contribution in [0.1, 0.15) is 33.2 Å². The number of amides is 1. The van der Waals surface area contributed by atoms with Crippen LogP contribution >= 0.6 is 0 Å². The second kappa shape index (κ2) is 9.05. The Bertz CT molecular complexity index is 1050. The van der Waals surface area contributed by atoms with Crippen LogP contribution in [0.4, 0.5) is 0 Å². The lowest BCUT2D eigenvalue weighted by molar-refractivity contribution is -0.141. The largest absolute Gasteiger partial charge is 0.497 e. The molecule has 0 aliphatic rings. The molecule has 29 heavy (non-hydrogen) atoms. The molecule has 150 valence electrons. The normalized spacial score (nSPS) is 10.6. The molecule has 0 aliphatic carbocycles. The third-order valence-corrected chi connectivity index (χ3v) is 4.57. The molecular formula is C22H22N2O5. The Morgan fingerprint density at radius 2 is 1.90 bits per heavy atom. The summed E-state index contributed by atoms with van der Waals surface area (Å²) >= 11 is 0. The fourth-order valence-corrected chi connectivity index (χ4v) is 3.04. The van der Waals surface area contributed by atoms with E-state index in [1.165, 1.54) is 7.11 Å². The van der Waals surface area contributed by atoms with E-state index in [1.807, 2.05) is 25.1 Å². The number of H-pyrrole nitrogens is 1. The van der Waals surface area contributed by atoms with E-state index < -0.39 is 18.5 Å². The number of hydrogen-bond donors (Lipinski definition) is 2. The molecule has 0 spiro atoms. The Morgan fingerprint density at radius 1 is 1.10 bits per heavy atom. The van der Waals surface area contributed by atoms with Gasteiger partial charge in [0.15, 0.2) is 6.61 Å². The first kappa shape index (κ1) is 20.1. The van der Waals surface area contributed by atoms with Gasteiger partial charge >= 0.3 is 5.97 Å². The molecule has 3 aromatic rings. The van der Waals surface area contributed by atoms with Crippen LogP contribution in [0.2, 0.25) is 0 Å². The maximum Gasteiger partial charge on any atom is 0.325 e. The van der Waals surface area contributed by atoms with Crippen LogP contribution in [-0.4, -0.2) is 42.9 Å². The number of para-hydroxylation sites is 1. The van der Waals surface area contributed by atoms with Gasteiger partial charge in [-0.2, -0.15) is 0 Å². The van der Waals surface area contributed by atoms with Crippen molar-refractivity contribution < 1.29 is 23.9 Å². The van der Waals surface area contributed by atoms with Gasteiger partial charge in [0, 0.05) is 28.2 Å². The molecule has 1 amide bonds. The molecule has 0 saturated heterocycles. The minimum absolute atomic E-state index is 0.308. The molecule has 1 heterocycles. The number of methoxy groups -OCH3 is 1. The minimum Gasteiger partial charge on any atom is -0.497 e. The highest BCUT2D eigenvalue weighted by molar-refractivity contribution is 6.09. The molecule has 7 heteroatoms. The van der Waals surface area contributed by atoms with Crippen LogP contribution in [0, 0.1) is 0 Å². The standard InChI is InChI=1S/C22H22N2O5/c1-3-14-6-5-9-17-18(11-23-21(14)17)19(25)13-29-20(26)12-24-22(27)15-7-4-8-16(10-15)28-2/h4-11,23H,3,12-13H2,1-2H3,(H,24,27). The Balaban J connectivity index is 1.54. The summed E-state index contributed by atoms with van der Waals surface area (Å²) in [6, 6.07) is 12.3. The molecule has 0 bridgehead atoms. The highest BCUT2D eigenvalue weighted by Crippen LogP contribution is 2.22. The predicted octanol–water partition coefficient (Wildman–Crippen LogP) is 2.89. The molecule has 0 unspecified atom stereocenters. The Labute approximate surface area is 168 Å². The van der Waals surface area contributed by atoms with Crippen molar-refractivity contribution in [3.05, 3.63) is 65.4 Å². The van der Waals surface area contributed by atoms with Gasteiger partial charge in [-0.25, -0.2) is 0 Å². The number of carbonyl (C=O) groups excluding carboxylic acids is 3. The third-order valence-electron chi connectivity index (χ3n) is 4.57. The van der Waals surface area contributed by atoms with Crippen LogP contribution in [0.5, 0.6) is 5.75 Å². The van der Waals surface area contributed by atoms with Crippen LogP contribution in [0.15, 0.2) is 48.7 Å². The summed E-state index contributed by atoms with van der Waals surface area (Å²) in [6.07, 6.45) is 2.47. The van der Waals surface area contributed by atoms with Crippen LogP contribution in [-0.2, 0) is 16.0 Å². The van der Waals surface area contributed by atoms with Gasteiger partial charge in [0.05, 0.1) is 7.11 Å². The number of Topliss-reactive ketones (excluding diaryl/α,β-unsaturated/α-hetero) is 1. The molecule has 0 radical (unpaired) electrons. The van der Waals surface area contributed by atoms with Crippen LogP contribution in [0.3, 0.4) is 0 Å². The summed E-state index contributed by atoms with van der Waals surface area (Å²) in [5, 5.41) is 3.27. The number of esters is 1. The van der Waals surface area contributed by atoms with Crippen molar-refractivity contribution in [3.63, 3.8) is 0 Å². The number of benzene rings is 2. The first-order chi connectivity index (χ1) is 14.0. The van der Waals surface area contributed by atoms with Gasteiger partial charge in [0.25, 0.3) is 5.91 Å². The van der Waals surface area contributed by atoms with Crippen LogP contribution in [0.25, 0.3) is 10.9 Å². The quantitative estimate of drug-likeness (QED) is 0.452. The zero-order valence-corrected chi connectivity index (χ0v) is 16.3. The molecule has 1 aromatic heterocycles. The lowest BCUT2D eigenvalue weighted by Gasteiger charge is -2.07. The summed E-state index contributed by atoms with van der Waals surface area (Å²) < 4.78 is 10.1. The third kappa shape index (κ3) is 4.63. The number of fused-ring (bicyclic) bond motifs is 1. The molecule has 0 fully saturated rings. The molecule has 0 saturated carbocycles. The Kier molecular flexibility index (Phi) is 6.29. The van der Waals surface area contributed by atoms with E-state index >= 15 is 0 Å². The molecule has 2 aromatic carbocycles. The average molecular weight is 394 g/mol. The highest BCUT2D eigenvalue weighted by atomic mass is 16.5. The van der Waals surface area contributed by atoms with E-state index in [0.717, 1.165) is 22.9 Å². The fourth-order valence-electron chi connectivity index (χ4n) is 3.04. The van der Waals surface area contributed by atoms with Crippen molar-refractivity contribution in [3.8, 4) is 5.75 Å². The van der Waals surface area contributed by atoms with Crippen molar-refractivity contribution in [1.29, 1.82) is 0 Å². The zero-order valence-electron chi connectivity index (χ0n) is 16.3. The average Bonchev–Trinajstić information content (AvgIpc) is 3.20. The number of ether oxygens (including phenoxy) is 2. The number of aromatic amines is 1. The summed E-state index contributed by atoms with van der Waals surface area (Å²) in [7, 11) is 1.50. The molecule has 3 rings (SSSR count). The number of ketones is 1. The number of nitrogens with one attached hydrogen (secondary N) is 2. The highest BCUT2D eigenvalue weighted by Gasteiger charge is 2.16. The summed E-state index contributed by atoms with van der Waals surface area (Å²) in [6.45, 7) is 1.31. The molecule has 0 aliphatic heterocycles. The SMILES string of the molecule is CCc1cccc2c(C(=O)COC(=O)CNC(=O)c3cccc(OC)c3)c[nH]c12. The maximum atomic E-state index is 12.5. The number of hydrogen-bond acceptors (Lipinski definition) is 5. The van der Waals surface area contributed by atoms with Gasteiger partial charge in [-0.05, 0) is 30.2 Å². The first-order valence-corrected chi connectivity index (χ1v) is 9.23. The van der Waals surface area contributed by atoms with E-state index in [2.05, 4.69) is 10.3 Å². The number of rotatable bonds is 8. The summed E-state index contributed by atoms with van der Waals surface area (Å²) in [5.41, 5.74) is 2.86. The van der Waals surface area contributed by atoms with Crippen LogP contribution < -0.4 is 10.1 Å². The molecule has 0 atom stereocenters. The van der Waals surface area contributed by atoms with Gasteiger partial charge in [0.2, 0.25) is 5.78 Å². The first-order valence-electron chi connectivity index (χ1n) is 9.23. The van der Waals surface area contributed by atoms with E-state index in [4.69, 9.17) is 9.47 Å². The van der Waals surface area contributed by atoms with Gasteiger partial charge in [-0.15, -0.1) is 0 Å². The molecular weight excluding hydrogens is 372 g/mol. The second-order valence-corrected chi connectivity index (χ2v) is 6.39. The van der Waals surface area contributed by atoms with E-state index in [9.17, 15) is 14.4 Å². The number of aryl methyl sites for hydroxylation is 1. The van der Waals surface area contributed by atoms with Crippen molar-refractivity contribution in [2.45, 2.75) is 13.3 Å². The van der Waals surface area contributed by atoms with Crippen molar-refractivity contribution in [1.82, 2.24) is 10.3 Å². The van der Waals surface area contributed by atoms with Crippen molar-refractivity contribution >= 4 is 28.6 Å². The topological polar surface area (TPSA) is 97.5 Å². The molecule has 7 nitrogen and oxygen atoms in total. The van der Waals surface area contributed by atoms with Crippen molar-refractivity contribution in [2.24, 2.45) is 0 Å². The minimum atomic E-state index is -0.691. The lowest BCUT2D eigenvalue weighted by atomic mass is 10.1. The van der Waals surface area contributed by atoms with Gasteiger partial charge in [-0.3, -0.25) is 14.4 Å². The Hall–Kier alpha value is -3.61. The van der Waals surface area contributed by atoms with Gasteiger partial charge < -0.3 is 19.8 Å². The smallest absolute Gasteiger partial charge is 0.325 e. The summed E-state index contributed by atoms with van der Waals surface area (Å²) in [4.78, 5) is 39.6. The van der Waals surface area contributed by atoms with E-state index in [0.29, 0.717) is 16.9 Å². The van der Waals surface area contributed by atoms with E-state index in [1.54, 1.807) is 30.5 Å².